The summed E-state index contributed by atoms with van der Waals surface area (Å²) in [5.41, 5.74) is 8.65. The van der Waals surface area contributed by atoms with Crippen molar-refractivity contribution < 1.29 is 14.4 Å². The van der Waals surface area contributed by atoms with Crippen LogP contribution in [0.3, 0.4) is 0 Å². The maximum absolute atomic E-state index is 12.9. The van der Waals surface area contributed by atoms with Crippen LogP contribution in [0.4, 0.5) is 0 Å². The molecule has 0 spiro atoms. The topological polar surface area (TPSA) is 104 Å². The molecule has 0 aliphatic rings. The number of nitrogens with zero attached hydrogens (tertiary/aromatic N) is 1. The number of aromatic amines is 1. The van der Waals surface area contributed by atoms with Crippen LogP contribution in [-0.4, -0.2) is 46.0 Å². The molecular formula is C24H24N4O3S. The Balaban J connectivity index is 1.83. The van der Waals surface area contributed by atoms with Gasteiger partial charge in [-0.3, -0.25) is 15.0 Å². The number of carbonyl (C=O) groups excluding carboxylic acids is 3. The molecule has 0 saturated carbocycles. The van der Waals surface area contributed by atoms with Crippen molar-refractivity contribution in [2.24, 2.45) is 0 Å². The number of amides is 1. The van der Waals surface area contributed by atoms with Gasteiger partial charge >= 0.3 is 0 Å². The number of allylic oxidation sites excluding steroid dienone is 1. The normalized spacial score (nSPS) is 11.9. The van der Waals surface area contributed by atoms with Gasteiger partial charge in [0.25, 0.3) is 5.91 Å². The molecule has 0 saturated heterocycles. The maximum Gasteiger partial charge on any atom is 0.266 e. The minimum Gasteiger partial charge on any atom is -0.342 e. The van der Waals surface area contributed by atoms with Gasteiger partial charge in [-0.15, -0.1) is 0 Å². The van der Waals surface area contributed by atoms with Crippen molar-refractivity contribution in [1.82, 2.24) is 20.8 Å². The first-order chi connectivity index (χ1) is 15.6. The van der Waals surface area contributed by atoms with Gasteiger partial charge in [0.2, 0.25) is 5.78 Å². The second-order valence-corrected chi connectivity index (χ2v) is 7.94. The lowest BCUT2D eigenvalue weighted by Crippen LogP contribution is -2.45. The number of rotatable bonds is 11. The Kier molecular flexibility index (Phi) is 8.53. The van der Waals surface area contributed by atoms with E-state index in [0.29, 0.717) is 23.2 Å². The van der Waals surface area contributed by atoms with Crippen molar-refractivity contribution in [2.75, 3.05) is 12.0 Å². The Morgan fingerprint density at radius 2 is 2.00 bits per heavy atom. The van der Waals surface area contributed by atoms with Gasteiger partial charge in [0.1, 0.15) is 12.0 Å². The van der Waals surface area contributed by atoms with Gasteiger partial charge in [-0.1, -0.05) is 42.5 Å². The van der Waals surface area contributed by atoms with Crippen LogP contribution in [0, 0.1) is 0 Å². The number of nitrogens with one attached hydrogen (secondary N) is 3. The van der Waals surface area contributed by atoms with Gasteiger partial charge in [0.05, 0.1) is 18.6 Å². The molecule has 1 aromatic heterocycles. The number of hydrogen-bond acceptors (Lipinski definition) is 6. The van der Waals surface area contributed by atoms with E-state index < -0.39 is 6.04 Å². The van der Waals surface area contributed by atoms with Gasteiger partial charge < -0.3 is 9.78 Å². The van der Waals surface area contributed by atoms with Crippen LogP contribution in [-0.2, 0) is 4.79 Å². The molecule has 0 unspecified atom stereocenters. The van der Waals surface area contributed by atoms with E-state index in [-0.39, 0.29) is 11.7 Å². The molecule has 3 rings (SSSR count). The third-order valence-electron chi connectivity index (χ3n) is 4.73. The highest BCUT2D eigenvalue weighted by Crippen LogP contribution is 2.25. The fourth-order valence-electron chi connectivity index (χ4n) is 3.02. The highest BCUT2D eigenvalue weighted by atomic mass is 32.2. The summed E-state index contributed by atoms with van der Waals surface area (Å²) in [4.78, 5) is 43.0. The summed E-state index contributed by atoms with van der Waals surface area (Å²) in [5, 5.41) is 0. The molecule has 32 heavy (non-hydrogen) atoms. The summed E-state index contributed by atoms with van der Waals surface area (Å²) >= 11 is 1.64. The lowest BCUT2D eigenvalue weighted by molar-refractivity contribution is -0.109. The predicted octanol–water partition coefficient (Wildman–Crippen LogP) is 3.53. The van der Waals surface area contributed by atoms with Crippen LogP contribution in [0.1, 0.15) is 32.8 Å². The number of imidazole rings is 1. The molecular weight excluding hydrogens is 424 g/mol. The predicted molar refractivity (Wildman–Crippen MR) is 127 cm³/mol. The summed E-state index contributed by atoms with van der Waals surface area (Å²) in [6.07, 6.45) is 9.44. The number of aldehydes is 1. The van der Waals surface area contributed by atoms with Crippen LogP contribution >= 0.6 is 11.8 Å². The Hall–Kier alpha value is -3.49. The first kappa shape index (κ1) is 23.2. The molecule has 2 aromatic carbocycles. The average molecular weight is 449 g/mol. The SMILES string of the molecule is CSCC[C@H](C=O)NNC(=O)c1ccc(/C=C/C(=O)c2cnc[nH]2)cc1-c1ccccc1. The van der Waals surface area contributed by atoms with Crippen molar-refractivity contribution >= 4 is 35.8 Å². The third kappa shape index (κ3) is 6.26. The van der Waals surface area contributed by atoms with Gasteiger partial charge in [-0.25, -0.2) is 10.4 Å². The Labute approximate surface area is 190 Å². The summed E-state index contributed by atoms with van der Waals surface area (Å²) < 4.78 is 0. The number of thioether (sulfide) groups is 1. The van der Waals surface area contributed by atoms with Crippen LogP contribution in [0.15, 0.2) is 67.1 Å². The summed E-state index contributed by atoms with van der Waals surface area (Å²) in [6.45, 7) is 0. The molecule has 1 amide bonds. The van der Waals surface area contributed by atoms with Crippen LogP contribution in [0.25, 0.3) is 17.2 Å². The molecule has 1 heterocycles. The maximum atomic E-state index is 12.9. The number of aromatic nitrogens is 2. The molecule has 164 valence electrons. The summed E-state index contributed by atoms with van der Waals surface area (Å²) in [5.74, 6) is 0.267. The largest absolute Gasteiger partial charge is 0.342 e. The minimum absolute atomic E-state index is 0.195. The first-order valence-electron chi connectivity index (χ1n) is 10.0. The molecule has 0 radical (unpaired) electrons. The van der Waals surface area contributed by atoms with Gasteiger partial charge in [-0.05, 0) is 53.3 Å². The quantitative estimate of drug-likeness (QED) is 0.179. The molecule has 8 heteroatoms. The van der Waals surface area contributed by atoms with E-state index in [1.165, 1.54) is 18.6 Å². The fraction of sp³-hybridized carbons (Fsp3) is 0.167. The minimum atomic E-state index is -0.456. The lowest BCUT2D eigenvalue weighted by Gasteiger charge is -2.15. The molecule has 1 atom stereocenters. The average Bonchev–Trinajstić information content (AvgIpc) is 3.38. The molecule has 3 aromatic rings. The summed E-state index contributed by atoms with van der Waals surface area (Å²) in [6, 6.07) is 14.4. The smallest absolute Gasteiger partial charge is 0.266 e. The van der Waals surface area contributed by atoms with E-state index >= 15 is 0 Å². The van der Waals surface area contributed by atoms with E-state index in [4.69, 9.17) is 0 Å². The van der Waals surface area contributed by atoms with E-state index in [9.17, 15) is 14.4 Å². The third-order valence-corrected chi connectivity index (χ3v) is 5.38. The molecule has 0 aliphatic heterocycles. The number of H-pyrrole nitrogens is 1. The zero-order valence-electron chi connectivity index (χ0n) is 17.6. The Morgan fingerprint density at radius 1 is 1.19 bits per heavy atom. The monoisotopic (exact) mass is 448 g/mol. The summed E-state index contributed by atoms with van der Waals surface area (Å²) in [7, 11) is 0. The van der Waals surface area contributed by atoms with E-state index in [1.54, 1.807) is 30.0 Å². The highest BCUT2D eigenvalue weighted by molar-refractivity contribution is 7.98. The number of ketones is 1. The van der Waals surface area contributed by atoms with E-state index in [1.807, 2.05) is 42.7 Å². The number of benzene rings is 2. The second-order valence-electron chi connectivity index (χ2n) is 6.96. The van der Waals surface area contributed by atoms with Gasteiger partial charge in [0.15, 0.2) is 0 Å². The van der Waals surface area contributed by atoms with Crippen LogP contribution in [0.5, 0.6) is 0 Å². The first-order valence-corrected chi connectivity index (χ1v) is 11.4. The Bertz CT molecular complexity index is 1080. The number of carbonyl (C=O) groups is 3. The second kappa shape index (κ2) is 11.8. The number of hydrazine groups is 1. The molecule has 0 bridgehead atoms. The Morgan fingerprint density at radius 3 is 2.69 bits per heavy atom. The zero-order chi connectivity index (χ0) is 22.8. The van der Waals surface area contributed by atoms with E-state index in [2.05, 4.69) is 20.8 Å². The standard InChI is InChI=1S/C24H24N4O3S/c1-32-12-11-19(15-29)27-28-24(31)20-9-7-17(8-10-23(30)22-14-25-16-26-22)13-21(20)18-5-3-2-4-6-18/h2-10,13-16,19,27H,11-12H2,1H3,(H,25,26)(H,28,31)/b10-8+/t19-/m1/s1. The highest BCUT2D eigenvalue weighted by Gasteiger charge is 2.15. The van der Waals surface area contributed by atoms with Crippen molar-refractivity contribution in [3.05, 3.63) is 84.0 Å². The van der Waals surface area contributed by atoms with Crippen molar-refractivity contribution in [3.8, 4) is 11.1 Å². The van der Waals surface area contributed by atoms with Gasteiger partial charge in [0, 0.05) is 5.56 Å². The zero-order valence-corrected chi connectivity index (χ0v) is 18.4. The molecule has 0 fully saturated rings. The van der Waals surface area contributed by atoms with Crippen molar-refractivity contribution in [3.63, 3.8) is 0 Å². The molecule has 0 aliphatic carbocycles. The lowest BCUT2D eigenvalue weighted by atomic mass is 9.96. The van der Waals surface area contributed by atoms with Gasteiger partial charge in [-0.2, -0.15) is 11.8 Å². The number of hydrogen-bond donors (Lipinski definition) is 3. The van der Waals surface area contributed by atoms with Crippen molar-refractivity contribution in [2.45, 2.75) is 12.5 Å². The van der Waals surface area contributed by atoms with Crippen molar-refractivity contribution in [1.29, 1.82) is 0 Å². The van der Waals surface area contributed by atoms with E-state index in [0.717, 1.165) is 23.2 Å². The molecule has 3 N–H and O–H groups in total. The van der Waals surface area contributed by atoms with Crippen LogP contribution < -0.4 is 10.9 Å². The molecule has 7 nitrogen and oxygen atoms in total. The fourth-order valence-corrected chi connectivity index (χ4v) is 3.51. The van der Waals surface area contributed by atoms with Crippen LogP contribution in [0.2, 0.25) is 0 Å².